The number of para-hydroxylation sites is 1. The zero-order chi connectivity index (χ0) is 14.5. The van der Waals surface area contributed by atoms with Gasteiger partial charge >= 0.3 is 0 Å². The standard InChI is InChI=1S/C14H13BrFNO3/c1-9(20-12-5-3-2-4-11(12)16)8-17-14(18)13-10(15)6-7-19-13/h2-7,9H,8H2,1H3,(H,17,18). The summed E-state index contributed by atoms with van der Waals surface area (Å²) >= 11 is 3.20. The van der Waals surface area contributed by atoms with Crippen molar-refractivity contribution in [2.75, 3.05) is 6.54 Å². The van der Waals surface area contributed by atoms with Crippen LogP contribution in [0.1, 0.15) is 17.5 Å². The minimum absolute atomic E-state index is 0.161. The molecule has 1 aromatic heterocycles. The first-order chi connectivity index (χ1) is 9.58. The van der Waals surface area contributed by atoms with E-state index in [-0.39, 0.29) is 30.1 Å². The van der Waals surface area contributed by atoms with Gasteiger partial charge in [-0.15, -0.1) is 0 Å². The molecule has 0 aliphatic rings. The Morgan fingerprint density at radius 1 is 1.45 bits per heavy atom. The normalized spacial score (nSPS) is 11.9. The molecule has 0 saturated carbocycles. The molecule has 2 aromatic rings. The number of nitrogens with one attached hydrogen (secondary N) is 1. The summed E-state index contributed by atoms with van der Waals surface area (Å²) in [6, 6.07) is 7.76. The maximum absolute atomic E-state index is 13.4. The molecule has 1 aromatic carbocycles. The van der Waals surface area contributed by atoms with Gasteiger partial charge in [-0.25, -0.2) is 4.39 Å². The molecule has 2 rings (SSSR count). The predicted molar refractivity (Wildman–Crippen MR) is 75.2 cm³/mol. The summed E-state index contributed by atoms with van der Waals surface area (Å²) in [6.45, 7) is 1.98. The molecule has 4 nitrogen and oxygen atoms in total. The molecule has 0 fully saturated rings. The van der Waals surface area contributed by atoms with Crippen molar-refractivity contribution in [2.24, 2.45) is 0 Å². The van der Waals surface area contributed by atoms with Gasteiger partial charge in [0.25, 0.3) is 5.91 Å². The highest BCUT2D eigenvalue weighted by Crippen LogP contribution is 2.18. The molecule has 1 N–H and O–H groups in total. The molecule has 1 atom stereocenters. The summed E-state index contributed by atoms with van der Waals surface area (Å²) in [5, 5.41) is 2.66. The number of amides is 1. The van der Waals surface area contributed by atoms with Crippen molar-refractivity contribution in [2.45, 2.75) is 13.0 Å². The summed E-state index contributed by atoms with van der Waals surface area (Å²) in [7, 11) is 0. The van der Waals surface area contributed by atoms with Crippen molar-refractivity contribution in [3.8, 4) is 5.75 Å². The molecule has 20 heavy (non-hydrogen) atoms. The fraction of sp³-hybridized carbons (Fsp3) is 0.214. The topological polar surface area (TPSA) is 51.5 Å². The van der Waals surface area contributed by atoms with Gasteiger partial charge < -0.3 is 14.5 Å². The summed E-state index contributed by atoms with van der Waals surface area (Å²) in [6.07, 6.45) is 1.04. The summed E-state index contributed by atoms with van der Waals surface area (Å²) in [5.41, 5.74) is 0. The van der Waals surface area contributed by atoms with Crippen molar-refractivity contribution in [1.29, 1.82) is 0 Å². The lowest BCUT2D eigenvalue weighted by atomic mass is 10.3. The lowest BCUT2D eigenvalue weighted by molar-refractivity contribution is 0.0902. The maximum Gasteiger partial charge on any atom is 0.288 e. The van der Waals surface area contributed by atoms with Gasteiger partial charge in [-0.3, -0.25) is 4.79 Å². The number of ether oxygens (including phenoxy) is 1. The van der Waals surface area contributed by atoms with Crippen LogP contribution in [0.15, 0.2) is 45.5 Å². The third-order valence-corrected chi connectivity index (χ3v) is 3.16. The average Bonchev–Trinajstić information content (AvgIpc) is 2.85. The van der Waals surface area contributed by atoms with Gasteiger partial charge in [0.2, 0.25) is 5.76 Å². The Kier molecular flexibility index (Phi) is 4.79. The van der Waals surface area contributed by atoms with Crippen molar-refractivity contribution in [1.82, 2.24) is 5.32 Å². The quantitative estimate of drug-likeness (QED) is 0.906. The third-order valence-electron chi connectivity index (χ3n) is 2.54. The zero-order valence-corrected chi connectivity index (χ0v) is 12.3. The Hall–Kier alpha value is -1.82. The molecule has 0 aliphatic carbocycles. The Morgan fingerprint density at radius 3 is 2.85 bits per heavy atom. The van der Waals surface area contributed by atoms with E-state index in [9.17, 15) is 9.18 Å². The molecule has 0 aliphatic heterocycles. The van der Waals surface area contributed by atoms with Crippen LogP contribution in [0.3, 0.4) is 0 Å². The molecule has 0 bridgehead atoms. The molecule has 6 heteroatoms. The van der Waals surface area contributed by atoms with Crippen LogP contribution < -0.4 is 10.1 Å². The molecular formula is C14H13BrFNO3. The van der Waals surface area contributed by atoms with E-state index in [0.29, 0.717) is 4.47 Å². The summed E-state index contributed by atoms with van der Waals surface area (Å²) in [4.78, 5) is 11.8. The van der Waals surface area contributed by atoms with Gasteiger partial charge in [0.1, 0.15) is 6.10 Å². The number of furan rings is 1. The van der Waals surface area contributed by atoms with E-state index in [0.717, 1.165) is 0 Å². The number of benzene rings is 1. The second-order valence-corrected chi connectivity index (χ2v) is 5.02. The second-order valence-electron chi connectivity index (χ2n) is 4.17. The largest absolute Gasteiger partial charge is 0.486 e. The molecule has 106 valence electrons. The van der Waals surface area contributed by atoms with Crippen LogP contribution in [0.4, 0.5) is 4.39 Å². The van der Waals surface area contributed by atoms with Crippen molar-refractivity contribution in [3.05, 3.63) is 52.6 Å². The fourth-order valence-electron chi connectivity index (χ4n) is 1.57. The van der Waals surface area contributed by atoms with Crippen molar-refractivity contribution < 1.29 is 18.3 Å². The molecule has 0 spiro atoms. The molecule has 0 saturated heterocycles. The Bertz CT molecular complexity index is 600. The van der Waals surface area contributed by atoms with Crippen LogP contribution in [-0.4, -0.2) is 18.6 Å². The van der Waals surface area contributed by atoms with Gasteiger partial charge in [-0.2, -0.15) is 0 Å². The van der Waals surface area contributed by atoms with E-state index in [1.165, 1.54) is 18.4 Å². The van der Waals surface area contributed by atoms with Gasteiger partial charge in [-0.1, -0.05) is 12.1 Å². The lowest BCUT2D eigenvalue weighted by Crippen LogP contribution is -2.33. The number of rotatable bonds is 5. The minimum Gasteiger partial charge on any atom is -0.486 e. The van der Waals surface area contributed by atoms with Crippen LogP contribution in [0, 0.1) is 5.82 Å². The van der Waals surface area contributed by atoms with Crippen LogP contribution in [0.2, 0.25) is 0 Å². The first-order valence-corrected chi connectivity index (χ1v) is 6.79. The highest BCUT2D eigenvalue weighted by Gasteiger charge is 2.15. The number of hydrogen-bond acceptors (Lipinski definition) is 3. The monoisotopic (exact) mass is 341 g/mol. The Balaban J connectivity index is 1.87. The number of halogens is 2. The molecule has 1 unspecified atom stereocenters. The van der Waals surface area contributed by atoms with E-state index < -0.39 is 5.82 Å². The maximum atomic E-state index is 13.4. The van der Waals surface area contributed by atoms with Crippen LogP contribution >= 0.6 is 15.9 Å². The van der Waals surface area contributed by atoms with Crippen LogP contribution in [0.5, 0.6) is 5.75 Å². The van der Waals surface area contributed by atoms with Crippen molar-refractivity contribution in [3.63, 3.8) is 0 Å². The van der Waals surface area contributed by atoms with Gasteiger partial charge in [-0.05, 0) is 41.1 Å². The molecular weight excluding hydrogens is 329 g/mol. The first-order valence-electron chi connectivity index (χ1n) is 6.00. The van der Waals surface area contributed by atoms with Gasteiger partial charge in [0.05, 0.1) is 17.3 Å². The first kappa shape index (κ1) is 14.6. The van der Waals surface area contributed by atoms with Crippen molar-refractivity contribution >= 4 is 21.8 Å². The SMILES string of the molecule is CC(CNC(=O)c1occc1Br)Oc1ccccc1F. The van der Waals surface area contributed by atoms with Crippen LogP contribution in [-0.2, 0) is 0 Å². The second kappa shape index (κ2) is 6.56. The van der Waals surface area contributed by atoms with E-state index >= 15 is 0 Å². The summed E-state index contributed by atoms with van der Waals surface area (Å²) in [5.74, 6) is -0.429. The molecule has 1 heterocycles. The smallest absolute Gasteiger partial charge is 0.288 e. The highest BCUT2D eigenvalue weighted by molar-refractivity contribution is 9.10. The Labute approximate surface area is 124 Å². The lowest BCUT2D eigenvalue weighted by Gasteiger charge is -2.15. The van der Waals surface area contributed by atoms with E-state index in [2.05, 4.69) is 21.2 Å². The average molecular weight is 342 g/mol. The van der Waals surface area contributed by atoms with E-state index in [1.54, 1.807) is 25.1 Å². The number of hydrogen-bond donors (Lipinski definition) is 1. The van der Waals surface area contributed by atoms with Gasteiger partial charge in [0.15, 0.2) is 11.6 Å². The molecule has 1 amide bonds. The van der Waals surface area contributed by atoms with Crippen LogP contribution in [0.25, 0.3) is 0 Å². The Morgan fingerprint density at radius 2 is 2.20 bits per heavy atom. The van der Waals surface area contributed by atoms with E-state index in [4.69, 9.17) is 9.15 Å². The van der Waals surface area contributed by atoms with E-state index in [1.807, 2.05) is 0 Å². The predicted octanol–water partition coefficient (Wildman–Crippen LogP) is 3.38. The number of carbonyl (C=O) groups excluding carboxylic acids is 1. The highest BCUT2D eigenvalue weighted by atomic mass is 79.9. The third kappa shape index (κ3) is 3.60. The fourth-order valence-corrected chi connectivity index (χ4v) is 1.95. The summed E-state index contributed by atoms with van der Waals surface area (Å²) < 4.78 is 24.4. The number of carbonyl (C=O) groups is 1. The minimum atomic E-state index is -0.431. The molecule has 0 radical (unpaired) electrons. The zero-order valence-electron chi connectivity index (χ0n) is 10.7. The van der Waals surface area contributed by atoms with Gasteiger partial charge in [0, 0.05) is 0 Å².